The highest BCUT2D eigenvalue weighted by Crippen LogP contribution is 2.36. The van der Waals surface area contributed by atoms with Crippen LogP contribution in [0, 0.1) is 12.8 Å². The summed E-state index contributed by atoms with van der Waals surface area (Å²) in [6.45, 7) is 4.19. The van der Waals surface area contributed by atoms with E-state index in [0.29, 0.717) is 18.7 Å². The molecule has 1 unspecified atom stereocenters. The molecule has 1 aliphatic heterocycles. The highest BCUT2D eigenvalue weighted by molar-refractivity contribution is 8.13. The number of hydrogen-bond acceptors (Lipinski definition) is 4. The van der Waals surface area contributed by atoms with Crippen LogP contribution in [0.3, 0.4) is 0 Å². The molecule has 0 aromatic heterocycles. The lowest BCUT2D eigenvalue weighted by Gasteiger charge is -2.21. The van der Waals surface area contributed by atoms with Gasteiger partial charge in [0, 0.05) is 25.6 Å². The molecule has 1 fully saturated rings. The molecule has 2 rings (SSSR count). The van der Waals surface area contributed by atoms with Crippen LogP contribution in [0.5, 0.6) is 5.75 Å². The number of rotatable bonds is 4. The molecule has 5 heteroatoms. The summed E-state index contributed by atoms with van der Waals surface area (Å²) in [5.41, 5.74) is 1.88. The minimum absolute atomic E-state index is 0.101. The van der Waals surface area contributed by atoms with Gasteiger partial charge in [0.2, 0.25) is 5.91 Å². The van der Waals surface area contributed by atoms with Gasteiger partial charge in [-0.2, -0.15) is 0 Å². The zero-order chi connectivity index (χ0) is 14.7. The van der Waals surface area contributed by atoms with Crippen molar-refractivity contribution < 1.29 is 14.3 Å². The van der Waals surface area contributed by atoms with Crippen molar-refractivity contribution in [2.24, 2.45) is 5.92 Å². The van der Waals surface area contributed by atoms with Gasteiger partial charge in [0.15, 0.2) is 5.12 Å². The first-order valence-electron chi connectivity index (χ1n) is 6.60. The number of hydrogen-bond donors (Lipinski definition) is 0. The van der Waals surface area contributed by atoms with Gasteiger partial charge in [-0.3, -0.25) is 9.59 Å². The number of aryl methyl sites for hydroxylation is 1. The Morgan fingerprint density at radius 1 is 1.50 bits per heavy atom. The van der Waals surface area contributed by atoms with Crippen LogP contribution in [-0.2, 0) is 9.59 Å². The fourth-order valence-electron chi connectivity index (χ4n) is 2.49. The molecule has 1 saturated heterocycles. The van der Waals surface area contributed by atoms with Gasteiger partial charge in [-0.25, -0.2) is 0 Å². The van der Waals surface area contributed by atoms with Gasteiger partial charge in [0.05, 0.1) is 12.8 Å². The third-order valence-electron chi connectivity index (χ3n) is 3.42. The van der Waals surface area contributed by atoms with Gasteiger partial charge in [-0.15, -0.1) is 0 Å². The van der Waals surface area contributed by atoms with E-state index in [2.05, 4.69) is 0 Å². The summed E-state index contributed by atoms with van der Waals surface area (Å²) in [4.78, 5) is 25.1. The Morgan fingerprint density at radius 3 is 2.90 bits per heavy atom. The Labute approximate surface area is 123 Å². The predicted octanol–water partition coefficient (Wildman–Crippen LogP) is 2.64. The topological polar surface area (TPSA) is 46.6 Å². The molecule has 1 aliphatic rings. The van der Waals surface area contributed by atoms with Crippen LogP contribution in [-0.4, -0.2) is 30.4 Å². The molecule has 1 heterocycles. The quantitative estimate of drug-likeness (QED) is 0.856. The van der Waals surface area contributed by atoms with Crippen molar-refractivity contribution in [1.29, 1.82) is 0 Å². The van der Waals surface area contributed by atoms with E-state index in [1.807, 2.05) is 25.1 Å². The Bertz CT molecular complexity index is 530. The number of methoxy groups -OCH3 is 1. The lowest BCUT2D eigenvalue weighted by molar-refractivity contribution is -0.117. The van der Waals surface area contributed by atoms with Crippen LogP contribution in [0.2, 0.25) is 0 Å². The fourth-order valence-corrected chi connectivity index (χ4v) is 3.18. The minimum atomic E-state index is 0.101. The minimum Gasteiger partial charge on any atom is -0.495 e. The van der Waals surface area contributed by atoms with Gasteiger partial charge >= 0.3 is 0 Å². The largest absolute Gasteiger partial charge is 0.495 e. The molecule has 4 nitrogen and oxygen atoms in total. The molecule has 20 heavy (non-hydrogen) atoms. The SMILES string of the molecule is COc1cccc(C)c1N1CC(CSC(C)=O)CC1=O. The van der Waals surface area contributed by atoms with Crippen molar-refractivity contribution in [1.82, 2.24) is 0 Å². The number of amides is 1. The average molecular weight is 293 g/mol. The van der Waals surface area contributed by atoms with Gasteiger partial charge in [-0.05, 0) is 24.5 Å². The summed E-state index contributed by atoms with van der Waals surface area (Å²) in [5.74, 6) is 1.75. The summed E-state index contributed by atoms with van der Waals surface area (Å²) in [5, 5.41) is 0.101. The number of carbonyl (C=O) groups excluding carboxylic acids is 2. The van der Waals surface area contributed by atoms with Crippen molar-refractivity contribution in [3.05, 3.63) is 23.8 Å². The van der Waals surface area contributed by atoms with Gasteiger partial charge < -0.3 is 9.64 Å². The molecule has 0 aliphatic carbocycles. The van der Waals surface area contributed by atoms with E-state index in [4.69, 9.17) is 4.74 Å². The van der Waals surface area contributed by atoms with E-state index in [0.717, 1.165) is 17.0 Å². The first kappa shape index (κ1) is 14.9. The van der Waals surface area contributed by atoms with Crippen LogP contribution >= 0.6 is 11.8 Å². The lowest BCUT2D eigenvalue weighted by Crippen LogP contribution is -2.26. The second-order valence-electron chi connectivity index (χ2n) is 5.00. The van der Waals surface area contributed by atoms with Crippen molar-refractivity contribution in [2.45, 2.75) is 20.3 Å². The molecule has 0 spiro atoms. The molecular weight excluding hydrogens is 274 g/mol. The number of thioether (sulfide) groups is 1. The van der Waals surface area contributed by atoms with E-state index < -0.39 is 0 Å². The van der Waals surface area contributed by atoms with Crippen LogP contribution in [0.15, 0.2) is 18.2 Å². The predicted molar refractivity (Wildman–Crippen MR) is 81.3 cm³/mol. The number of para-hydroxylation sites is 1. The number of nitrogens with zero attached hydrogens (tertiary/aromatic N) is 1. The Balaban J connectivity index is 2.18. The van der Waals surface area contributed by atoms with Crippen LogP contribution in [0.4, 0.5) is 5.69 Å². The number of anilines is 1. The number of ether oxygens (including phenoxy) is 1. The Morgan fingerprint density at radius 2 is 2.25 bits per heavy atom. The lowest BCUT2D eigenvalue weighted by atomic mass is 10.1. The van der Waals surface area contributed by atoms with E-state index >= 15 is 0 Å². The number of benzene rings is 1. The highest BCUT2D eigenvalue weighted by Gasteiger charge is 2.33. The molecule has 0 bridgehead atoms. The normalized spacial score (nSPS) is 18.4. The smallest absolute Gasteiger partial charge is 0.227 e. The third-order valence-corrected chi connectivity index (χ3v) is 4.46. The maximum atomic E-state index is 12.2. The molecular formula is C15H19NO3S. The summed E-state index contributed by atoms with van der Waals surface area (Å²) in [6.07, 6.45) is 0.498. The molecule has 0 radical (unpaired) electrons. The summed E-state index contributed by atoms with van der Waals surface area (Å²) in [6, 6.07) is 5.76. The van der Waals surface area contributed by atoms with Gasteiger partial charge in [0.25, 0.3) is 0 Å². The van der Waals surface area contributed by atoms with Crippen molar-refractivity contribution >= 4 is 28.5 Å². The first-order valence-corrected chi connectivity index (χ1v) is 7.58. The van der Waals surface area contributed by atoms with Gasteiger partial charge in [0.1, 0.15) is 5.75 Å². The van der Waals surface area contributed by atoms with Crippen molar-refractivity contribution in [3.63, 3.8) is 0 Å². The highest BCUT2D eigenvalue weighted by atomic mass is 32.2. The fraction of sp³-hybridized carbons (Fsp3) is 0.467. The second kappa shape index (κ2) is 6.31. The van der Waals surface area contributed by atoms with Crippen LogP contribution in [0.1, 0.15) is 18.9 Å². The standard InChI is InChI=1S/C15H19NO3S/c1-10-5-4-6-13(19-3)15(10)16-8-12(7-14(16)18)9-20-11(2)17/h4-6,12H,7-9H2,1-3H3. The van der Waals surface area contributed by atoms with Crippen molar-refractivity contribution in [3.8, 4) is 5.75 Å². The Kier molecular flexibility index (Phi) is 4.70. The van der Waals surface area contributed by atoms with E-state index in [-0.39, 0.29) is 16.9 Å². The average Bonchev–Trinajstić information content (AvgIpc) is 2.77. The number of carbonyl (C=O) groups is 2. The molecule has 1 atom stereocenters. The Hall–Kier alpha value is -1.49. The van der Waals surface area contributed by atoms with Gasteiger partial charge in [-0.1, -0.05) is 23.9 Å². The molecule has 1 aromatic rings. The first-order chi connectivity index (χ1) is 9.52. The summed E-state index contributed by atoms with van der Waals surface area (Å²) in [7, 11) is 1.61. The van der Waals surface area contributed by atoms with Crippen LogP contribution in [0.25, 0.3) is 0 Å². The van der Waals surface area contributed by atoms with E-state index in [9.17, 15) is 9.59 Å². The zero-order valence-corrected chi connectivity index (χ0v) is 12.8. The third kappa shape index (κ3) is 3.15. The van der Waals surface area contributed by atoms with Crippen LogP contribution < -0.4 is 9.64 Å². The van der Waals surface area contributed by atoms with E-state index in [1.165, 1.54) is 11.8 Å². The zero-order valence-electron chi connectivity index (χ0n) is 12.0. The van der Waals surface area contributed by atoms with E-state index in [1.54, 1.807) is 18.9 Å². The molecule has 1 aromatic carbocycles. The monoisotopic (exact) mass is 293 g/mol. The summed E-state index contributed by atoms with van der Waals surface area (Å²) >= 11 is 1.29. The molecule has 1 amide bonds. The molecule has 108 valence electrons. The maximum Gasteiger partial charge on any atom is 0.227 e. The summed E-state index contributed by atoms with van der Waals surface area (Å²) < 4.78 is 5.37. The maximum absolute atomic E-state index is 12.2. The molecule has 0 N–H and O–H groups in total. The molecule has 0 saturated carbocycles. The van der Waals surface area contributed by atoms with Crippen molar-refractivity contribution in [2.75, 3.05) is 24.3 Å². The second-order valence-corrected chi connectivity index (χ2v) is 6.20.